The van der Waals surface area contributed by atoms with Gasteiger partial charge in [0, 0.05) is 11.9 Å². The molecule has 1 amide bonds. The van der Waals surface area contributed by atoms with Crippen molar-refractivity contribution in [3.63, 3.8) is 0 Å². The fourth-order valence-corrected chi connectivity index (χ4v) is 3.48. The van der Waals surface area contributed by atoms with Crippen molar-refractivity contribution in [1.29, 1.82) is 0 Å². The minimum atomic E-state index is -0.483. The number of esters is 1. The Morgan fingerprint density at radius 2 is 2.39 bits per heavy atom. The molecule has 0 radical (unpaired) electrons. The Labute approximate surface area is 113 Å². The van der Waals surface area contributed by atoms with Crippen molar-refractivity contribution in [2.24, 2.45) is 0 Å². The molecule has 1 saturated heterocycles. The van der Waals surface area contributed by atoms with E-state index in [0.29, 0.717) is 16.7 Å². The number of nitrogens with zero attached hydrogens (tertiary/aromatic N) is 2. The highest BCUT2D eigenvalue weighted by Gasteiger charge is 2.35. The Bertz CT molecular complexity index is 441. The zero-order valence-electron chi connectivity index (χ0n) is 9.74. The van der Waals surface area contributed by atoms with Gasteiger partial charge in [0.2, 0.25) is 0 Å². The Morgan fingerprint density at radius 1 is 1.56 bits per heavy atom. The smallest absolute Gasteiger partial charge is 0.329 e. The summed E-state index contributed by atoms with van der Waals surface area (Å²) in [5.41, 5.74) is 0. The lowest BCUT2D eigenvalue weighted by Crippen LogP contribution is -2.40. The van der Waals surface area contributed by atoms with E-state index in [2.05, 4.69) is 4.98 Å². The highest BCUT2D eigenvalue weighted by molar-refractivity contribution is 8.13. The second kappa shape index (κ2) is 6.10. The number of rotatable bonds is 2. The van der Waals surface area contributed by atoms with E-state index in [1.54, 1.807) is 30.1 Å². The highest BCUT2D eigenvalue weighted by Crippen LogP contribution is 2.28. The third kappa shape index (κ3) is 2.97. The molecule has 1 aliphatic heterocycles. The second-order valence-electron chi connectivity index (χ2n) is 3.54. The summed E-state index contributed by atoms with van der Waals surface area (Å²) in [6, 6.07) is 4.89. The number of thioether (sulfide) groups is 2. The van der Waals surface area contributed by atoms with E-state index in [1.807, 2.05) is 6.07 Å². The van der Waals surface area contributed by atoms with Gasteiger partial charge in [0.05, 0.1) is 13.0 Å². The summed E-state index contributed by atoms with van der Waals surface area (Å²) in [6.07, 6.45) is 1.63. The maximum atomic E-state index is 12.1. The topological polar surface area (TPSA) is 59.5 Å². The van der Waals surface area contributed by atoms with Gasteiger partial charge in [0.15, 0.2) is 0 Å². The summed E-state index contributed by atoms with van der Waals surface area (Å²) >= 11 is 2.57. The third-order valence-electron chi connectivity index (χ3n) is 2.42. The molecule has 1 aliphatic rings. The maximum Gasteiger partial charge on any atom is 0.329 e. The van der Waals surface area contributed by atoms with E-state index >= 15 is 0 Å². The Morgan fingerprint density at radius 3 is 3.06 bits per heavy atom. The number of ether oxygens (including phenoxy) is 1. The maximum absolute atomic E-state index is 12.1. The molecule has 1 aromatic rings. The second-order valence-corrected chi connectivity index (χ2v) is 5.52. The molecule has 7 heteroatoms. The van der Waals surface area contributed by atoms with Gasteiger partial charge in [-0.3, -0.25) is 4.79 Å². The predicted molar refractivity (Wildman–Crippen MR) is 70.5 cm³/mol. The number of hydrogen-bond donors (Lipinski definition) is 0. The van der Waals surface area contributed by atoms with E-state index in [1.165, 1.54) is 12.0 Å². The highest BCUT2D eigenvalue weighted by atomic mass is 32.2. The number of pyridine rings is 1. The molecule has 18 heavy (non-hydrogen) atoms. The van der Waals surface area contributed by atoms with E-state index < -0.39 is 6.04 Å². The summed E-state index contributed by atoms with van der Waals surface area (Å²) in [5, 5.41) is 0.456. The first-order chi connectivity index (χ1) is 8.72. The van der Waals surface area contributed by atoms with Crippen LogP contribution in [0.2, 0.25) is 0 Å². The fraction of sp³-hybridized carbons (Fsp3) is 0.364. The van der Waals surface area contributed by atoms with Crippen molar-refractivity contribution in [3.05, 3.63) is 24.4 Å². The lowest BCUT2D eigenvalue weighted by Gasteiger charge is -2.20. The lowest BCUT2D eigenvalue weighted by atomic mass is 10.3. The quantitative estimate of drug-likeness (QED) is 0.610. The van der Waals surface area contributed by atoms with Gasteiger partial charge in [-0.2, -0.15) is 0 Å². The van der Waals surface area contributed by atoms with Crippen molar-refractivity contribution < 1.29 is 14.3 Å². The largest absolute Gasteiger partial charge is 0.467 e. The van der Waals surface area contributed by atoms with Crippen LogP contribution in [0.1, 0.15) is 0 Å². The van der Waals surface area contributed by atoms with Crippen LogP contribution in [0.4, 0.5) is 4.79 Å². The van der Waals surface area contributed by atoms with Crippen LogP contribution in [0.15, 0.2) is 29.4 Å². The van der Waals surface area contributed by atoms with E-state index in [9.17, 15) is 9.59 Å². The predicted octanol–water partition coefficient (Wildman–Crippen LogP) is 1.84. The minimum Gasteiger partial charge on any atom is -0.467 e. The van der Waals surface area contributed by atoms with Gasteiger partial charge >= 0.3 is 5.97 Å². The van der Waals surface area contributed by atoms with Crippen LogP contribution in [-0.4, -0.2) is 45.9 Å². The molecule has 0 N–H and O–H groups in total. The van der Waals surface area contributed by atoms with Crippen LogP contribution in [0, 0.1) is 0 Å². The molecule has 96 valence electrons. The molecule has 1 fully saturated rings. The lowest BCUT2D eigenvalue weighted by molar-refractivity contribution is -0.144. The minimum absolute atomic E-state index is 0.172. The molecule has 0 aromatic carbocycles. The molecule has 0 aliphatic carbocycles. The standard InChI is InChI=1S/C11H12N2O3S2/c1-16-10(14)8-6-17-7-13(8)11(15)18-9-4-2-3-5-12-9/h2-5,8H,6-7H2,1H3/t8-/m0/s1. The summed E-state index contributed by atoms with van der Waals surface area (Å²) in [5.74, 6) is 0.731. The van der Waals surface area contributed by atoms with Gasteiger partial charge in [-0.15, -0.1) is 11.8 Å². The van der Waals surface area contributed by atoms with Gasteiger partial charge in [-0.1, -0.05) is 6.07 Å². The van der Waals surface area contributed by atoms with Crippen molar-refractivity contribution in [2.75, 3.05) is 18.7 Å². The van der Waals surface area contributed by atoms with Gasteiger partial charge in [-0.05, 0) is 23.9 Å². The average Bonchev–Trinajstić information content (AvgIpc) is 2.88. The molecule has 5 nitrogen and oxygen atoms in total. The zero-order chi connectivity index (χ0) is 13.0. The van der Waals surface area contributed by atoms with Crippen LogP contribution in [0.5, 0.6) is 0 Å². The number of carbonyl (C=O) groups excluding carboxylic acids is 2. The Kier molecular flexibility index (Phi) is 4.48. The van der Waals surface area contributed by atoms with Crippen LogP contribution in [-0.2, 0) is 9.53 Å². The number of aromatic nitrogens is 1. The number of carbonyl (C=O) groups is 2. The Balaban J connectivity index is 2.02. The Hall–Kier alpha value is -1.21. The van der Waals surface area contributed by atoms with E-state index in [4.69, 9.17) is 4.74 Å². The summed E-state index contributed by atoms with van der Waals surface area (Å²) in [6.45, 7) is 0. The monoisotopic (exact) mass is 284 g/mol. The molecule has 0 unspecified atom stereocenters. The molecule has 2 heterocycles. The average molecular weight is 284 g/mol. The van der Waals surface area contributed by atoms with Crippen LogP contribution < -0.4 is 0 Å². The van der Waals surface area contributed by atoms with Gasteiger partial charge in [0.1, 0.15) is 11.1 Å². The zero-order valence-corrected chi connectivity index (χ0v) is 11.4. The first kappa shape index (κ1) is 13.2. The molecular formula is C11H12N2O3S2. The van der Waals surface area contributed by atoms with Gasteiger partial charge in [0.25, 0.3) is 5.24 Å². The van der Waals surface area contributed by atoms with Crippen LogP contribution in [0.3, 0.4) is 0 Å². The van der Waals surface area contributed by atoms with Crippen LogP contribution >= 0.6 is 23.5 Å². The third-order valence-corrected chi connectivity index (χ3v) is 4.29. The van der Waals surface area contributed by atoms with Crippen molar-refractivity contribution in [2.45, 2.75) is 11.1 Å². The first-order valence-electron chi connectivity index (χ1n) is 5.27. The van der Waals surface area contributed by atoms with Crippen LogP contribution in [0.25, 0.3) is 0 Å². The first-order valence-corrected chi connectivity index (χ1v) is 7.24. The molecule has 1 atom stereocenters. The van der Waals surface area contributed by atoms with E-state index in [0.717, 1.165) is 11.8 Å². The van der Waals surface area contributed by atoms with Gasteiger partial charge < -0.3 is 9.64 Å². The molecule has 0 spiro atoms. The normalized spacial score (nSPS) is 18.7. The number of hydrogen-bond acceptors (Lipinski definition) is 6. The molecule has 1 aromatic heterocycles. The van der Waals surface area contributed by atoms with Crippen molar-refractivity contribution >= 4 is 34.7 Å². The van der Waals surface area contributed by atoms with Gasteiger partial charge in [-0.25, -0.2) is 9.78 Å². The number of methoxy groups -OCH3 is 1. The van der Waals surface area contributed by atoms with Crippen molar-refractivity contribution in [3.8, 4) is 0 Å². The molecular weight excluding hydrogens is 272 g/mol. The molecule has 2 rings (SSSR count). The molecule has 0 saturated carbocycles. The number of amides is 1. The van der Waals surface area contributed by atoms with Crippen molar-refractivity contribution in [1.82, 2.24) is 9.88 Å². The molecule has 0 bridgehead atoms. The van der Waals surface area contributed by atoms with E-state index in [-0.39, 0.29) is 11.2 Å². The SMILES string of the molecule is COC(=O)[C@@H]1CSCN1C(=O)Sc1ccccn1. The summed E-state index contributed by atoms with van der Waals surface area (Å²) in [7, 11) is 1.33. The fourth-order valence-electron chi connectivity index (χ4n) is 1.51. The summed E-state index contributed by atoms with van der Waals surface area (Å²) < 4.78 is 4.69. The summed E-state index contributed by atoms with van der Waals surface area (Å²) in [4.78, 5) is 29.2.